The Balaban J connectivity index is 0.00000161. The zero-order valence-corrected chi connectivity index (χ0v) is 13.6. The number of aliphatic hydroxyl groups excluding tert-OH is 1. The maximum absolute atomic E-state index is 10.6. The Morgan fingerprint density at radius 3 is 2.52 bits per heavy atom. The SMILES string of the molecule is CCN1CC(C(O)c2ccccc2)Sc2ccccc21.Cl. The summed E-state index contributed by atoms with van der Waals surface area (Å²) in [5.74, 6) is 0. The van der Waals surface area contributed by atoms with Crippen molar-refractivity contribution in [3.05, 3.63) is 60.2 Å². The minimum atomic E-state index is -0.427. The van der Waals surface area contributed by atoms with Gasteiger partial charge in [-0.3, -0.25) is 0 Å². The van der Waals surface area contributed by atoms with Gasteiger partial charge in [0.15, 0.2) is 0 Å². The number of fused-ring (bicyclic) bond motifs is 1. The maximum atomic E-state index is 10.6. The summed E-state index contributed by atoms with van der Waals surface area (Å²) in [4.78, 5) is 3.61. The number of nitrogens with zero attached hydrogens (tertiary/aromatic N) is 1. The van der Waals surface area contributed by atoms with Crippen molar-refractivity contribution < 1.29 is 5.11 Å². The number of aliphatic hydroxyl groups is 1. The van der Waals surface area contributed by atoms with Crippen LogP contribution in [0.4, 0.5) is 5.69 Å². The lowest BCUT2D eigenvalue weighted by atomic mass is 10.1. The predicted octanol–water partition coefficient (Wildman–Crippen LogP) is 4.14. The third kappa shape index (κ3) is 3.37. The number of hydrogen-bond acceptors (Lipinski definition) is 3. The fraction of sp³-hybridized carbons (Fsp3) is 0.294. The van der Waals surface area contributed by atoms with Crippen molar-refractivity contribution in [1.29, 1.82) is 0 Å². The molecule has 0 saturated carbocycles. The Kier molecular flexibility index (Phi) is 5.57. The highest BCUT2D eigenvalue weighted by Crippen LogP contribution is 2.42. The fourth-order valence-electron chi connectivity index (χ4n) is 2.66. The van der Waals surface area contributed by atoms with Gasteiger partial charge in [0, 0.05) is 18.0 Å². The first-order valence-electron chi connectivity index (χ1n) is 7.03. The number of hydrogen-bond donors (Lipinski definition) is 1. The van der Waals surface area contributed by atoms with E-state index >= 15 is 0 Å². The number of benzene rings is 2. The van der Waals surface area contributed by atoms with E-state index in [-0.39, 0.29) is 17.7 Å². The van der Waals surface area contributed by atoms with Crippen molar-refractivity contribution in [3.8, 4) is 0 Å². The largest absolute Gasteiger partial charge is 0.387 e. The van der Waals surface area contributed by atoms with Crippen molar-refractivity contribution in [1.82, 2.24) is 0 Å². The van der Waals surface area contributed by atoms with Gasteiger partial charge in [0.2, 0.25) is 0 Å². The molecule has 112 valence electrons. The first-order chi connectivity index (χ1) is 9.79. The molecule has 0 aliphatic carbocycles. The molecule has 0 radical (unpaired) electrons. The zero-order chi connectivity index (χ0) is 13.9. The molecule has 3 rings (SSSR count). The zero-order valence-electron chi connectivity index (χ0n) is 12.0. The van der Waals surface area contributed by atoms with Crippen LogP contribution in [-0.2, 0) is 0 Å². The normalized spacial score (nSPS) is 18.6. The number of halogens is 1. The molecule has 0 spiro atoms. The number of para-hydroxylation sites is 1. The van der Waals surface area contributed by atoms with E-state index in [0.29, 0.717) is 0 Å². The molecule has 1 aliphatic heterocycles. The van der Waals surface area contributed by atoms with E-state index in [1.54, 1.807) is 11.8 Å². The Bertz CT molecular complexity index is 578. The molecule has 1 aliphatic rings. The average molecular weight is 322 g/mol. The highest BCUT2D eigenvalue weighted by Gasteiger charge is 2.29. The highest BCUT2D eigenvalue weighted by molar-refractivity contribution is 8.00. The summed E-state index contributed by atoms with van der Waals surface area (Å²) in [5, 5.41) is 10.8. The first-order valence-corrected chi connectivity index (χ1v) is 7.91. The second-order valence-corrected chi connectivity index (χ2v) is 6.30. The summed E-state index contributed by atoms with van der Waals surface area (Å²) in [6.07, 6.45) is -0.427. The molecule has 4 heteroatoms. The Hall–Kier alpha value is -1.16. The molecule has 0 amide bonds. The van der Waals surface area contributed by atoms with Crippen LogP contribution in [0.1, 0.15) is 18.6 Å². The summed E-state index contributed by atoms with van der Waals surface area (Å²) in [5.41, 5.74) is 2.29. The smallest absolute Gasteiger partial charge is 0.0929 e. The van der Waals surface area contributed by atoms with Crippen LogP contribution in [0.15, 0.2) is 59.5 Å². The maximum Gasteiger partial charge on any atom is 0.0929 e. The molecule has 0 bridgehead atoms. The molecule has 1 N–H and O–H groups in total. The monoisotopic (exact) mass is 321 g/mol. The standard InChI is InChI=1S/C17H19NOS.ClH/c1-2-18-12-16(17(19)13-8-4-3-5-9-13)20-15-11-7-6-10-14(15)18;/h3-11,16-17,19H,2,12H2,1H3;1H. The Morgan fingerprint density at radius 2 is 1.81 bits per heavy atom. The molecular weight excluding hydrogens is 302 g/mol. The summed E-state index contributed by atoms with van der Waals surface area (Å²) in [6.45, 7) is 4.02. The van der Waals surface area contributed by atoms with E-state index in [1.165, 1.54) is 10.6 Å². The van der Waals surface area contributed by atoms with Gasteiger partial charge >= 0.3 is 0 Å². The second-order valence-electron chi connectivity index (χ2n) is 5.02. The lowest BCUT2D eigenvalue weighted by Gasteiger charge is -2.37. The Morgan fingerprint density at radius 1 is 1.14 bits per heavy atom. The van der Waals surface area contributed by atoms with Crippen molar-refractivity contribution in [2.24, 2.45) is 0 Å². The van der Waals surface area contributed by atoms with Crippen LogP contribution in [0.25, 0.3) is 0 Å². The Labute approximate surface area is 136 Å². The third-order valence-corrected chi connectivity index (χ3v) is 5.07. The van der Waals surface area contributed by atoms with Crippen molar-refractivity contribution in [2.75, 3.05) is 18.0 Å². The summed E-state index contributed by atoms with van der Waals surface area (Å²) < 4.78 is 0. The minimum absolute atomic E-state index is 0. The molecule has 2 unspecified atom stereocenters. The number of rotatable bonds is 3. The van der Waals surface area contributed by atoms with Crippen LogP contribution in [0.5, 0.6) is 0 Å². The van der Waals surface area contributed by atoms with Gasteiger partial charge in [0.25, 0.3) is 0 Å². The summed E-state index contributed by atoms with van der Waals surface area (Å²) in [6, 6.07) is 18.4. The van der Waals surface area contributed by atoms with Crippen molar-refractivity contribution in [2.45, 2.75) is 23.2 Å². The topological polar surface area (TPSA) is 23.5 Å². The minimum Gasteiger partial charge on any atom is -0.387 e. The van der Waals surface area contributed by atoms with E-state index in [9.17, 15) is 5.11 Å². The quantitative estimate of drug-likeness (QED) is 0.919. The van der Waals surface area contributed by atoms with Crippen molar-refractivity contribution in [3.63, 3.8) is 0 Å². The first kappa shape index (κ1) is 16.2. The summed E-state index contributed by atoms with van der Waals surface area (Å²) in [7, 11) is 0. The van der Waals surface area contributed by atoms with Gasteiger partial charge < -0.3 is 10.0 Å². The fourth-order valence-corrected chi connectivity index (χ4v) is 4.00. The molecule has 21 heavy (non-hydrogen) atoms. The molecule has 0 fully saturated rings. The molecule has 2 atom stereocenters. The lowest BCUT2D eigenvalue weighted by molar-refractivity contribution is 0.175. The van der Waals surface area contributed by atoms with E-state index in [4.69, 9.17) is 0 Å². The van der Waals surface area contributed by atoms with E-state index < -0.39 is 6.10 Å². The van der Waals surface area contributed by atoms with Crippen LogP contribution >= 0.6 is 24.2 Å². The summed E-state index contributed by atoms with van der Waals surface area (Å²) >= 11 is 1.79. The van der Waals surface area contributed by atoms with Crippen LogP contribution in [-0.4, -0.2) is 23.4 Å². The molecule has 2 aromatic carbocycles. The van der Waals surface area contributed by atoms with Crippen molar-refractivity contribution >= 4 is 29.9 Å². The predicted molar refractivity (Wildman–Crippen MR) is 92.6 cm³/mol. The third-order valence-electron chi connectivity index (χ3n) is 3.76. The van der Waals surface area contributed by atoms with Crippen LogP contribution < -0.4 is 4.90 Å². The molecule has 0 aromatic heterocycles. The molecular formula is C17H20ClNOS. The van der Waals surface area contributed by atoms with Crippen LogP contribution in [0, 0.1) is 0 Å². The van der Waals surface area contributed by atoms with E-state index in [1.807, 2.05) is 30.3 Å². The van der Waals surface area contributed by atoms with Crippen LogP contribution in [0.3, 0.4) is 0 Å². The molecule has 0 saturated heterocycles. The second kappa shape index (κ2) is 7.21. The van der Waals surface area contributed by atoms with Gasteiger partial charge in [0.05, 0.1) is 17.0 Å². The molecule has 2 nitrogen and oxygen atoms in total. The van der Waals surface area contributed by atoms with E-state index in [2.05, 4.69) is 36.1 Å². The van der Waals surface area contributed by atoms with Gasteiger partial charge in [-0.05, 0) is 24.6 Å². The van der Waals surface area contributed by atoms with Crippen LogP contribution in [0.2, 0.25) is 0 Å². The highest BCUT2D eigenvalue weighted by atomic mass is 35.5. The van der Waals surface area contributed by atoms with Gasteiger partial charge in [-0.1, -0.05) is 42.5 Å². The van der Waals surface area contributed by atoms with Gasteiger partial charge in [0.1, 0.15) is 0 Å². The van der Waals surface area contributed by atoms with Gasteiger partial charge in [-0.15, -0.1) is 24.2 Å². The average Bonchev–Trinajstić information content (AvgIpc) is 2.54. The van der Waals surface area contributed by atoms with Gasteiger partial charge in [-0.25, -0.2) is 0 Å². The number of thioether (sulfide) groups is 1. The lowest BCUT2D eigenvalue weighted by Crippen LogP contribution is -2.37. The molecule has 2 aromatic rings. The van der Waals surface area contributed by atoms with Gasteiger partial charge in [-0.2, -0.15) is 0 Å². The van der Waals surface area contributed by atoms with E-state index in [0.717, 1.165) is 18.7 Å². The number of anilines is 1. The molecule has 1 heterocycles.